The van der Waals surface area contributed by atoms with Crippen molar-refractivity contribution < 1.29 is 18.3 Å². The Bertz CT molecular complexity index is 1200. The van der Waals surface area contributed by atoms with Crippen molar-refractivity contribution in [3.8, 4) is 11.1 Å². The fraction of sp³-hybridized carbons (Fsp3) is 0.346. The molecular weight excluding hydrogens is 452 g/mol. The van der Waals surface area contributed by atoms with Crippen molar-refractivity contribution in [1.82, 2.24) is 19.7 Å². The molecule has 0 radical (unpaired) electrons. The number of hydrogen-bond donors (Lipinski definition) is 1. The van der Waals surface area contributed by atoms with E-state index in [4.69, 9.17) is 4.74 Å². The number of benzene rings is 1. The lowest BCUT2D eigenvalue weighted by Crippen LogP contribution is -2.35. The molecule has 1 saturated heterocycles. The van der Waals surface area contributed by atoms with Crippen LogP contribution in [0.25, 0.3) is 17.2 Å². The monoisotopic (exact) mass is 481 g/mol. The summed E-state index contributed by atoms with van der Waals surface area (Å²) in [5.41, 5.74) is 2.22. The molecule has 1 aliphatic heterocycles. The molecule has 1 aromatic carbocycles. The molecule has 35 heavy (non-hydrogen) atoms. The number of halogens is 2. The van der Waals surface area contributed by atoms with Gasteiger partial charge in [0.05, 0.1) is 31.3 Å². The summed E-state index contributed by atoms with van der Waals surface area (Å²) in [6, 6.07) is 4.95. The lowest BCUT2D eigenvalue weighted by molar-refractivity contribution is -0.111. The largest absolute Gasteiger partial charge is 0.379 e. The summed E-state index contributed by atoms with van der Waals surface area (Å²) in [5, 5.41) is 6.87. The molecule has 4 rings (SSSR count). The number of carbonyl (C=O) groups is 1. The highest BCUT2D eigenvalue weighted by atomic mass is 19.1. The Morgan fingerprint density at radius 3 is 2.74 bits per heavy atom. The minimum absolute atomic E-state index is 0.0813. The average molecular weight is 482 g/mol. The third-order valence-corrected chi connectivity index (χ3v) is 6.08. The number of nitrogens with one attached hydrogen (secondary N) is 1. The third-order valence-electron chi connectivity index (χ3n) is 6.08. The molecule has 0 aliphatic carbocycles. The molecule has 1 aliphatic rings. The molecule has 3 heterocycles. The second-order valence-electron chi connectivity index (χ2n) is 8.58. The van der Waals surface area contributed by atoms with Crippen LogP contribution < -0.4 is 5.32 Å². The summed E-state index contributed by atoms with van der Waals surface area (Å²) in [4.78, 5) is 18.6. The highest BCUT2D eigenvalue weighted by Gasteiger charge is 2.15. The number of ether oxygens (including phenoxy) is 1. The maximum absolute atomic E-state index is 14.7. The van der Waals surface area contributed by atoms with Crippen molar-refractivity contribution in [2.45, 2.75) is 32.9 Å². The van der Waals surface area contributed by atoms with Crippen LogP contribution in [0.15, 0.2) is 49.1 Å². The Morgan fingerprint density at radius 1 is 1.20 bits per heavy atom. The van der Waals surface area contributed by atoms with Gasteiger partial charge in [-0.1, -0.05) is 13.0 Å². The molecular formula is C26H29F2N5O2. The summed E-state index contributed by atoms with van der Waals surface area (Å²) in [7, 11) is 0. The Morgan fingerprint density at radius 2 is 2.00 bits per heavy atom. The second kappa shape index (κ2) is 11.3. The van der Waals surface area contributed by atoms with Gasteiger partial charge in [-0.3, -0.25) is 19.4 Å². The second-order valence-corrected chi connectivity index (χ2v) is 8.58. The van der Waals surface area contributed by atoms with Crippen molar-refractivity contribution >= 4 is 17.7 Å². The van der Waals surface area contributed by atoms with Crippen LogP contribution in [-0.2, 0) is 16.1 Å². The predicted molar refractivity (Wildman–Crippen MR) is 131 cm³/mol. The average Bonchev–Trinajstić information content (AvgIpc) is 3.34. The van der Waals surface area contributed by atoms with Crippen molar-refractivity contribution in [2.24, 2.45) is 0 Å². The minimum Gasteiger partial charge on any atom is -0.379 e. The van der Waals surface area contributed by atoms with E-state index in [0.717, 1.165) is 31.3 Å². The summed E-state index contributed by atoms with van der Waals surface area (Å²) in [6.07, 6.45) is 9.56. The molecule has 1 N–H and O–H groups in total. The first-order valence-electron chi connectivity index (χ1n) is 11.7. The standard InChI is InChI=1S/C26H29F2N5O2/c1-3-18(2)33-17-21(14-30-33)26-20(13-29-15-23(26)28)5-7-25(34)31-24-6-4-19(12-22(24)27)16-32-8-10-35-11-9-32/h4-7,12-15,17-18H,3,8-11,16H2,1-2H3,(H,31,34)/b7-5+. The Hall–Kier alpha value is -3.43. The number of anilines is 1. The number of morpholine rings is 1. The molecule has 9 heteroatoms. The molecule has 1 atom stereocenters. The van der Waals surface area contributed by atoms with Gasteiger partial charge in [-0.05, 0) is 37.1 Å². The summed E-state index contributed by atoms with van der Waals surface area (Å²) < 4.78 is 36.4. The van der Waals surface area contributed by atoms with E-state index in [9.17, 15) is 13.6 Å². The number of hydrogen-bond acceptors (Lipinski definition) is 5. The van der Waals surface area contributed by atoms with Gasteiger partial charge in [0.1, 0.15) is 11.6 Å². The van der Waals surface area contributed by atoms with Crippen molar-refractivity contribution in [2.75, 3.05) is 31.6 Å². The Balaban J connectivity index is 1.45. The fourth-order valence-electron chi connectivity index (χ4n) is 3.89. The van der Waals surface area contributed by atoms with Crippen molar-refractivity contribution in [3.63, 3.8) is 0 Å². The van der Waals surface area contributed by atoms with Crippen molar-refractivity contribution in [1.29, 1.82) is 0 Å². The number of nitrogens with zero attached hydrogens (tertiary/aromatic N) is 4. The molecule has 1 fully saturated rings. The van der Waals surface area contributed by atoms with E-state index in [2.05, 4.69) is 20.3 Å². The van der Waals surface area contributed by atoms with Crippen LogP contribution in [-0.4, -0.2) is 51.9 Å². The van der Waals surface area contributed by atoms with Crippen LogP contribution >= 0.6 is 0 Å². The van der Waals surface area contributed by atoms with Crippen LogP contribution in [0.4, 0.5) is 14.5 Å². The molecule has 2 aromatic heterocycles. The lowest BCUT2D eigenvalue weighted by atomic mass is 10.0. The van der Waals surface area contributed by atoms with Crippen LogP contribution in [0, 0.1) is 11.6 Å². The minimum atomic E-state index is -0.532. The highest BCUT2D eigenvalue weighted by Crippen LogP contribution is 2.28. The van der Waals surface area contributed by atoms with Gasteiger partial charge in [-0.15, -0.1) is 0 Å². The first-order valence-corrected chi connectivity index (χ1v) is 11.7. The third kappa shape index (κ3) is 6.17. The van der Waals surface area contributed by atoms with Crippen LogP contribution in [0.3, 0.4) is 0 Å². The first kappa shape index (κ1) is 24.7. The fourth-order valence-corrected chi connectivity index (χ4v) is 3.89. The highest BCUT2D eigenvalue weighted by molar-refractivity contribution is 6.02. The van der Waals surface area contributed by atoms with Crippen LogP contribution in [0.2, 0.25) is 0 Å². The zero-order chi connectivity index (χ0) is 24.8. The Labute approximate surface area is 203 Å². The zero-order valence-corrected chi connectivity index (χ0v) is 19.9. The number of pyridine rings is 1. The van der Waals surface area contributed by atoms with Gasteiger partial charge in [0.25, 0.3) is 0 Å². The number of aromatic nitrogens is 3. The molecule has 184 valence electrons. The molecule has 7 nitrogen and oxygen atoms in total. The summed E-state index contributed by atoms with van der Waals surface area (Å²) in [6.45, 7) is 7.65. The molecule has 0 spiro atoms. The predicted octanol–water partition coefficient (Wildman–Crippen LogP) is 4.68. The van der Waals surface area contributed by atoms with Gasteiger partial charge in [0, 0.05) is 60.8 Å². The topological polar surface area (TPSA) is 72.3 Å². The van der Waals surface area contributed by atoms with E-state index in [1.165, 1.54) is 24.4 Å². The molecule has 0 saturated carbocycles. The van der Waals surface area contributed by atoms with Gasteiger partial charge in [0.15, 0.2) is 0 Å². The van der Waals surface area contributed by atoms with Gasteiger partial charge < -0.3 is 10.1 Å². The Kier molecular flexibility index (Phi) is 7.99. The maximum Gasteiger partial charge on any atom is 0.248 e. The quantitative estimate of drug-likeness (QED) is 0.473. The molecule has 1 unspecified atom stereocenters. The van der Waals surface area contributed by atoms with Gasteiger partial charge in [-0.25, -0.2) is 8.78 Å². The van der Waals surface area contributed by atoms with E-state index >= 15 is 0 Å². The van der Waals surface area contributed by atoms with E-state index in [0.29, 0.717) is 36.4 Å². The van der Waals surface area contributed by atoms with Crippen molar-refractivity contribution in [3.05, 3.63) is 71.8 Å². The number of amides is 1. The van der Waals surface area contributed by atoms with E-state index in [-0.39, 0.29) is 11.7 Å². The number of carbonyl (C=O) groups excluding carboxylic acids is 1. The summed E-state index contributed by atoms with van der Waals surface area (Å²) >= 11 is 0. The van der Waals surface area contributed by atoms with E-state index in [1.54, 1.807) is 29.2 Å². The van der Waals surface area contributed by atoms with Gasteiger partial charge in [-0.2, -0.15) is 5.10 Å². The smallest absolute Gasteiger partial charge is 0.248 e. The molecule has 0 bridgehead atoms. The SMILES string of the molecule is CCC(C)n1cc(-c2c(F)cncc2/C=C/C(=O)Nc2ccc(CN3CCOCC3)cc2F)cn1. The number of rotatable bonds is 8. The normalized spacial score (nSPS) is 15.4. The molecule has 1 amide bonds. The van der Waals surface area contributed by atoms with E-state index < -0.39 is 17.5 Å². The van der Waals surface area contributed by atoms with E-state index in [1.807, 2.05) is 13.8 Å². The van der Waals surface area contributed by atoms with Crippen LogP contribution in [0.5, 0.6) is 0 Å². The molecule has 3 aromatic rings. The summed E-state index contributed by atoms with van der Waals surface area (Å²) in [5.74, 6) is -1.56. The first-order chi connectivity index (χ1) is 16.9. The van der Waals surface area contributed by atoms with Gasteiger partial charge >= 0.3 is 0 Å². The maximum atomic E-state index is 14.7. The van der Waals surface area contributed by atoms with Gasteiger partial charge in [0.2, 0.25) is 5.91 Å². The zero-order valence-electron chi connectivity index (χ0n) is 19.9. The lowest BCUT2D eigenvalue weighted by Gasteiger charge is -2.26. The van der Waals surface area contributed by atoms with Crippen LogP contribution in [0.1, 0.15) is 37.4 Å².